The summed E-state index contributed by atoms with van der Waals surface area (Å²) in [7, 11) is 1.64. The fourth-order valence-corrected chi connectivity index (χ4v) is 1.90. The first kappa shape index (κ1) is 11.7. The van der Waals surface area contributed by atoms with Crippen molar-refractivity contribution in [2.24, 2.45) is 0 Å². The molecule has 0 bridgehead atoms. The average molecular weight is 244 g/mol. The fraction of sp³-hybridized carbons (Fsp3) is 0.0769. The van der Waals surface area contributed by atoms with Gasteiger partial charge in [-0.25, -0.2) is 4.98 Å². The molecule has 2 rings (SSSR count). The summed E-state index contributed by atoms with van der Waals surface area (Å²) in [5.41, 5.74) is 0.818. The van der Waals surface area contributed by atoms with E-state index in [2.05, 4.69) is 9.97 Å². The summed E-state index contributed by atoms with van der Waals surface area (Å²) in [6, 6.07) is 9.56. The molecule has 2 aromatic rings. The van der Waals surface area contributed by atoms with Crippen molar-refractivity contribution in [1.29, 1.82) is 0 Å². The van der Waals surface area contributed by atoms with E-state index in [1.807, 2.05) is 41.8 Å². The number of thioether (sulfide) groups is 1. The third-order valence-electron chi connectivity index (χ3n) is 2.07. The maximum absolute atomic E-state index is 5.21. The molecule has 2 aromatic heterocycles. The molecule has 17 heavy (non-hydrogen) atoms. The molecule has 3 nitrogen and oxygen atoms in total. The molecule has 0 fully saturated rings. The number of nitrogens with zero attached hydrogens (tertiary/aromatic N) is 2. The molecule has 0 saturated carbocycles. The van der Waals surface area contributed by atoms with Gasteiger partial charge in [-0.3, -0.25) is 4.98 Å². The van der Waals surface area contributed by atoms with Crippen LogP contribution in [0.3, 0.4) is 0 Å². The van der Waals surface area contributed by atoms with Crippen LogP contribution in [-0.2, 0) is 0 Å². The Balaban J connectivity index is 2.06. The Bertz CT molecular complexity index is 500. The van der Waals surface area contributed by atoms with Crippen molar-refractivity contribution in [3.05, 3.63) is 53.8 Å². The van der Waals surface area contributed by atoms with Gasteiger partial charge in [0.1, 0.15) is 16.5 Å². The van der Waals surface area contributed by atoms with E-state index in [1.54, 1.807) is 31.3 Å². The Morgan fingerprint density at radius 3 is 2.76 bits per heavy atom. The Hall–Kier alpha value is -1.81. The summed E-state index contributed by atoms with van der Waals surface area (Å²) < 4.78 is 5.21. The third-order valence-corrected chi connectivity index (χ3v) is 2.83. The first-order valence-corrected chi connectivity index (χ1v) is 6.01. The molecule has 0 aromatic carbocycles. The number of pyridine rings is 2. The number of hydrogen-bond donors (Lipinski definition) is 0. The standard InChI is InChI=1S/C13H12N2OS/c1-16-12-5-4-9-14-11(12)7-10-17-13-6-2-3-8-15-13/h2-10H,1H3/b10-7+. The van der Waals surface area contributed by atoms with Crippen LogP contribution in [-0.4, -0.2) is 17.1 Å². The van der Waals surface area contributed by atoms with Crippen LogP contribution in [0.1, 0.15) is 5.69 Å². The van der Waals surface area contributed by atoms with Gasteiger partial charge in [0.05, 0.1) is 7.11 Å². The lowest BCUT2D eigenvalue weighted by Crippen LogP contribution is -1.88. The van der Waals surface area contributed by atoms with E-state index in [9.17, 15) is 0 Å². The molecular weight excluding hydrogens is 232 g/mol. The highest BCUT2D eigenvalue weighted by Gasteiger charge is 1.98. The highest BCUT2D eigenvalue weighted by atomic mass is 32.2. The summed E-state index contributed by atoms with van der Waals surface area (Å²) in [5.74, 6) is 0.769. The van der Waals surface area contributed by atoms with Crippen molar-refractivity contribution >= 4 is 17.8 Å². The predicted octanol–water partition coefficient (Wildman–Crippen LogP) is 3.25. The second-order valence-electron chi connectivity index (χ2n) is 3.18. The van der Waals surface area contributed by atoms with Crippen molar-refractivity contribution in [1.82, 2.24) is 9.97 Å². The second-order valence-corrected chi connectivity index (χ2v) is 4.11. The van der Waals surface area contributed by atoms with Gasteiger partial charge in [0.2, 0.25) is 0 Å². The van der Waals surface area contributed by atoms with E-state index in [-0.39, 0.29) is 0 Å². The molecule has 0 amide bonds. The Morgan fingerprint density at radius 2 is 2.00 bits per heavy atom. The van der Waals surface area contributed by atoms with Gasteiger partial charge in [0, 0.05) is 12.4 Å². The molecule has 0 radical (unpaired) electrons. The normalized spacial score (nSPS) is 10.6. The van der Waals surface area contributed by atoms with Gasteiger partial charge >= 0.3 is 0 Å². The van der Waals surface area contributed by atoms with Crippen LogP contribution in [0.25, 0.3) is 6.08 Å². The zero-order valence-electron chi connectivity index (χ0n) is 9.41. The summed E-state index contributed by atoms with van der Waals surface area (Å²) in [6.45, 7) is 0. The third kappa shape index (κ3) is 3.32. The zero-order chi connectivity index (χ0) is 11.9. The first-order valence-electron chi connectivity index (χ1n) is 5.13. The Labute approximate surface area is 105 Å². The topological polar surface area (TPSA) is 35.0 Å². The van der Waals surface area contributed by atoms with E-state index < -0.39 is 0 Å². The van der Waals surface area contributed by atoms with E-state index in [0.29, 0.717) is 0 Å². The van der Waals surface area contributed by atoms with Gasteiger partial charge in [-0.15, -0.1) is 0 Å². The summed E-state index contributed by atoms with van der Waals surface area (Å²) in [4.78, 5) is 8.45. The zero-order valence-corrected chi connectivity index (χ0v) is 10.2. The summed E-state index contributed by atoms with van der Waals surface area (Å²) >= 11 is 1.55. The quantitative estimate of drug-likeness (QED) is 0.773. The minimum Gasteiger partial charge on any atom is -0.494 e. The van der Waals surface area contributed by atoms with Crippen LogP contribution in [0.5, 0.6) is 5.75 Å². The SMILES string of the molecule is COc1cccnc1/C=C/Sc1ccccn1. The smallest absolute Gasteiger partial charge is 0.144 e. The minimum absolute atomic E-state index is 0.769. The lowest BCUT2D eigenvalue weighted by Gasteiger charge is -2.01. The minimum atomic E-state index is 0.769. The Kier molecular flexibility index (Phi) is 4.16. The largest absolute Gasteiger partial charge is 0.494 e. The maximum atomic E-state index is 5.21. The van der Waals surface area contributed by atoms with Crippen molar-refractivity contribution in [2.45, 2.75) is 5.03 Å². The van der Waals surface area contributed by atoms with Crippen molar-refractivity contribution < 1.29 is 4.74 Å². The van der Waals surface area contributed by atoms with Crippen molar-refractivity contribution in [2.75, 3.05) is 7.11 Å². The van der Waals surface area contributed by atoms with Gasteiger partial charge in [-0.1, -0.05) is 17.8 Å². The van der Waals surface area contributed by atoms with Crippen molar-refractivity contribution in [3.8, 4) is 5.75 Å². The maximum Gasteiger partial charge on any atom is 0.144 e. The van der Waals surface area contributed by atoms with E-state index in [4.69, 9.17) is 4.74 Å². The molecule has 86 valence electrons. The van der Waals surface area contributed by atoms with Crippen LogP contribution < -0.4 is 4.74 Å². The van der Waals surface area contributed by atoms with Crippen molar-refractivity contribution in [3.63, 3.8) is 0 Å². The molecule has 0 saturated heterocycles. The van der Waals surface area contributed by atoms with E-state index in [0.717, 1.165) is 16.5 Å². The molecular formula is C13H12N2OS. The fourth-order valence-electron chi connectivity index (χ4n) is 1.29. The monoisotopic (exact) mass is 244 g/mol. The summed E-state index contributed by atoms with van der Waals surface area (Å²) in [6.07, 6.45) is 5.43. The highest BCUT2D eigenvalue weighted by Crippen LogP contribution is 2.20. The second kappa shape index (κ2) is 6.06. The lowest BCUT2D eigenvalue weighted by atomic mass is 10.3. The van der Waals surface area contributed by atoms with Crippen LogP contribution in [0.2, 0.25) is 0 Å². The molecule has 0 aliphatic carbocycles. The van der Waals surface area contributed by atoms with Gasteiger partial charge in [-0.2, -0.15) is 0 Å². The lowest BCUT2D eigenvalue weighted by molar-refractivity contribution is 0.412. The molecule has 0 N–H and O–H groups in total. The van der Waals surface area contributed by atoms with Crippen LogP contribution >= 0.6 is 11.8 Å². The van der Waals surface area contributed by atoms with E-state index >= 15 is 0 Å². The van der Waals surface area contributed by atoms with Gasteiger partial charge in [0.15, 0.2) is 0 Å². The molecule has 0 aliphatic heterocycles. The molecule has 0 atom stereocenters. The number of ether oxygens (including phenoxy) is 1. The summed E-state index contributed by atoms with van der Waals surface area (Å²) in [5, 5.41) is 2.91. The predicted molar refractivity (Wildman–Crippen MR) is 69.9 cm³/mol. The number of methoxy groups -OCH3 is 1. The van der Waals surface area contributed by atoms with Crippen LogP contribution in [0.4, 0.5) is 0 Å². The molecule has 4 heteroatoms. The number of aromatic nitrogens is 2. The molecule has 0 unspecified atom stereocenters. The van der Waals surface area contributed by atoms with E-state index in [1.165, 1.54) is 0 Å². The van der Waals surface area contributed by atoms with Gasteiger partial charge < -0.3 is 4.74 Å². The number of hydrogen-bond acceptors (Lipinski definition) is 4. The Morgan fingerprint density at radius 1 is 1.12 bits per heavy atom. The first-order chi connectivity index (χ1) is 8.40. The highest BCUT2D eigenvalue weighted by molar-refractivity contribution is 8.02. The molecule has 0 aliphatic rings. The molecule has 0 spiro atoms. The molecule has 2 heterocycles. The number of rotatable bonds is 4. The van der Waals surface area contributed by atoms with Gasteiger partial charge in [-0.05, 0) is 35.7 Å². The average Bonchev–Trinajstić information content (AvgIpc) is 2.40. The van der Waals surface area contributed by atoms with Crippen LogP contribution in [0, 0.1) is 0 Å². The van der Waals surface area contributed by atoms with Crippen LogP contribution in [0.15, 0.2) is 53.2 Å². The van der Waals surface area contributed by atoms with Gasteiger partial charge in [0.25, 0.3) is 0 Å².